The van der Waals surface area contributed by atoms with E-state index < -0.39 is 11.7 Å². The van der Waals surface area contributed by atoms with Crippen LogP contribution in [-0.4, -0.2) is 37.4 Å². The Morgan fingerprint density at radius 2 is 1.96 bits per heavy atom. The first-order valence-corrected chi connectivity index (χ1v) is 9.01. The second kappa shape index (κ2) is 8.22. The van der Waals surface area contributed by atoms with E-state index in [1.165, 1.54) is 6.07 Å². The van der Waals surface area contributed by atoms with Crippen molar-refractivity contribution in [1.82, 2.24) is 5.16 Å². The number of carbonyl (C=O) groups excluding carboxylic acids is 1. The van der Waals surface area contributed by atoms with Crippen LogP contribution in [0.1, 0.15) is 29.0 Å². The quantitative estimate of drug-likeness (QED) is 0.833. The average Bonchev–Trinajstić information content (AvgIpc) is 2.98. The summed E-state index contributed by atoms with van der Waals surface area (Å²) in [4.78, 5) is 14.3. The summed E-state index contributed by atoms with van der Waals surface area (Å²) >= 11 is 0. The van der Waals surface area contributed by atoms with E-state index in [9.17, 15) is 18.0 Å². The highest BCUT2D eigenvalue weighted by molar-refractivity contribution is 5.94. The maximum Gasteiger partial charge on any atom is 0.416 e. The Bertz CT molecular complexity index is 823. The number of alkyl halides is 3. The van der Waals surface area contributed by atoms with Gasteiger partial charge in [-0.2, -0.15) is 13.2 Å². The number of morpholine rings is 1. The number of nitrogens with zero attached hydrogens (tertiary/aromatic N) is 2. The van der Waals surface area contributed by atoms with Gasteiger partial charge in [-0.1, -0.05) is 5.16 Å². The van der Waals surface area contributed by atoms with Crippen molar-refractivity contribution in [2.24, 2.45) is 0 Å². The lowest BCUT2D eigenvalue weighted by atomic mass is 10.1. The van der Waals surface area contributed by atoms with Crippen LogP contribution in [0.5, 0.6) is 0 Å². The molecular formula is C19H22F3N3O3. The summed E-state index contributed by atoms with van der Waals surface area (Å²) in [5.74, 6) is 0.271. The Balaban J connectivity index is 1.78. The average molecular weight is 397 g/mol. The van der Waals surface area contributed by atoms with Gasteiger partial charge in [0.15, 0.2) is 0 Å². The molecule has 0 unspecified atom stereocenters. The molecule has 0 radical (unpaired) electrons. The molecule has 0 atom stereocenters. The zero-order chi connectivity index (χ0) is 20.3. The number of amides is 1. The first-order chi connectivity index (χ1) is 13.3. The van der Waals surface area contributed by atoms with Crippen LogP contribution in [0, 0.1) is 13.8 Å². The van der Waals surface area contributed by atoms with Crippen LogP contribution < -0.4 is 10.2 Å². The zero-order valence-corrected chi connectivity index (χ0v) is 15.7. The number of anilines is 2. The summed E-state index contributed by atoms with van der Waals surface area (Å²) in [6, 6.07) is 3.42. The van der Waals surface area contributed by atoms with Crippen molar-refractivity contribution in [2.75, 3.05) is 36.5 Å². The molecule has 28 heavy (non-hydrogen) atoms. The number of aryl methyl sites for hydroxylation is 2. The molecule has 0 spiro atoms. The number of benzene rings is 1. The number of aromatic nitrogens is 1. The number of ether oxygens (including phenoxy) is 1. The molecule has 1 N–H and O–H groups in total. The maximum atomic E-state index is 13.1. The lowest BCUT2D eigenvalue weighted by Crippen LogP contribution is -2.36. The summed E-state index contributed by atoms with van der Waals surface area (Å²) in [6.07, 6.45) is -3.97. The molecule has 1 amide bonds. The Kier molecular flexibility index (Phi) is 5.93. The van der Waals surface area contributed by atoms with Crippen LogP contribution in [0.2, 0.25) is 0 Å². The van der Waals surface area contributed by atoms with Crippen LogP contribution in [-0.2, 0) is 22.1 Å². The van der Waals surface area contributed by atoms with Crippen molar-refractivity contribution in [1.29, 1.82) is 0 Å². The number of hydrogen-bond acceptors (Lipinski definition) is 5. The van der Waals surface area contributed by atoms with Crippen molar-refractivity contribution in [3.05, 3.63) is 40.8 Å². The molecule has 9 heteroatoms. The van der Waals surface area contributed by atoms with E-state index in [1.54, 1.807) is 13.8 Å². The lowest BCUT2D eigenvalue weighted by molar-refractivity contribution is -0.137. The highest BCUT2D eigenvalue weighted by Gasteiger charge is 2.32. The summed E-state index contributed by atoms with van der Waals surface area (Å²) in [6.45, 7) is 5.62. The SMILES string of the molecule is Cc1noc(C)c1CCC(=O)Nc1cc(C(F)(F)F)ccc1N1CCOCC1. The van der Waals surface area contributed by atoms with E-state index in [2.05, 4.69) is 10.5 Å². The van der Waals surface area contributed by atoms with Gasteiger partial charge in [-0.25, -0.2) is 0 Å². The topological polar surface area (TPSA) is 67.6 Å². The fourth-order valence-corrected chi connectivity index (χ4v) is 3.20. The van der Waals surface area contributed by atoms with Crippen molar-refractivity contribution < 1.29 is 27.2 Å². The second-order valence-electron chi connectivity index (χ2n) is 6.68. The Morgan fingerprint density at radius 3 is 2.57 bits per heavy atom. The molecule has 1 aliphatic heterocycles. The van der Waals surface area contributed by atoms with Gasteiger partial charge in [0.05, 0.1) is 35.8 Å². The van der Waals surface area contributed by atoms with Gasteiger partial charge in [-0.3, -0.25) is 4.79 Å². The normalized spacial score (nSPS) is 15.0. The monoisotopic (exact) mass is 397 g/mol. The Labute approximate surface area is 160 Å². The molecule has 6 nitrogen and oxygen atoms in total. The summed E-state index contributed by atoms with van der Waals surface area (Å²) < 4.78 is 49.8. The van der Waals surface area contributed by atoms with E-state index >= 15 is 0 Å². The predicted octanol–water partition coefficient (Wildman–Crippen LogP) is 3.72. The van der Waals surface area contributed by atoms with Gasteiger partial charge < -0.3 is 19.5 Å². The van der Waals surface area contributed by atoms with Crippen LogP contribution in [0.3, 0.4) is 0 Å². The third-order valence-corrected chi connectivity index (χ3v) is 4.73. The van der Waals surface area contributed by atoms with E-state index in [0.29, 0.717) is 49.9 Å². The largest absolute Gasteiger partial charge is 0.416 e. The fourth-order valence-electron chi connectivity index (χ4n) is 3.20. The lowest BCUT2D eigenvalue weighted by Gasteiger charge is -2.31. The third kappa shape index (κ3) is 4.64. The number of hydrogen-bond donors (Lipinski definition) is 1. The molecular weight excluding hydrogens is 375 g/mol. The molecule has 2 aromatic rings. The van der Waals surface area contributed by atoms with Crippen molar-refractivity contribution in [3.63, 3.8) is 0 Å². The molecule has 152 valence electrons. The minimum Gasteiger partial charge on any atom is -0.378 e. The highest BCUT2D eigenvalue weighted by Crippen LogP contribution is 2.36. The minimum atomic E-state index is -4.49. The van der Waals surface area contributed by atoms with Crippen LogP contribution in [0.25, 0.3) is 0 Å². The minimum absolute atomic E-state index is 0.113. The van der Waals surface area contributed by atoms with E-state index in [1.807, 2.05) is 4.90 Å². The first kappa shape index (κ1) is 20.2. The van der Waals surface area contributed by atoms with Gasteiger partial charge in [0.1, 0.15) is 5.76 Å². The standard InChI is InChI=1S/C19H22F3N3O3/c1-12-15(13(2)28-24-12)4-6-18(26)23-16-11-14(19(20,21)22)3-5-17(16)25-7-9-27-10-8-25/h3,5,11H,4,6-10H2,1-2H3,(H,23,26). The van der Waals surface area contributed by atoms with Gasteiger partial charge in [-0.05, 0) is 38.5 Å². The fraction of sp³-hybridized carbons (Fsp3) is 0.474. The van der Waals surface area contributed by atoms with Gasteiger partial charge in [0.25, 0.3) is 0 Å². The highest BCUT2D eigenvalue weighted by atomic mass is 19.4. The maximum absolute atomic E-state index is 13.1. The zero-order valence-electron chi connectivity index (χ0n) is 15.7. The molecule has 2 heterocycles. The van der Waals surface area contributed by atoms with Gasteiger partial charge in [0, 0.05) is 25.1 Å². The number of rotatable bonds is 5. The van der Waals surface area contributed by atoms with Crippen LogP contribution in [0.15, 0.2) is 22.7 Å². The molecule has 0 aliphatic carbocycles. The molecule has 0 bridgehead atoms. The van der Waals surface area contributed by atoms with E-state index in [-0.39, 0.29) is 18.0 Å². The van der Waals surface area contributed by atoms with Gasteiger partial charge >= 0.3 is 6.18 Å². The van der Waals surface area contributed by atoms with Crippen molar-refractivity contribution in [3.8, 4) is 0 Å². The molecule has 1 fully saturated rings. The number of nitrogens with one attached hydrogen (secondary N) is 1. The van der Waals surface area contributed by atoms with Crippen molar-refractivity contribution >= 4 is 17.3 Å². The Morgan fingerprint density at radius 1 is 1.25 bits per heavy atom. The summed E-state index contributed by atoms with van der Waals surface area (Å²) in [5, 5.41) is 6.49. The summed E-state index contributed by atoms with van der Waals surface area (Å²) in [5.41, 5.74) is 1.46. The molecule has 0 saturated carbocycles. The van der Waals surface area contributed by atoms with E-state index in [4.69, 9.17) is 9.26 Å². The van der Waals surface area contributed by atoms with Crippen LogP contribution >= 0.6 is 0 Å². The van der Waals surface area contributed by atoms with Crippen LogP contribution in [0.4, 0.5) is 24.5 Å². The number of carbonyl (C=O) groups is 1. The van der Waals surface area contributed by atoms with E-state index in [0.717, 1.165) is 17.7 Å². The van der Waals surface area contributed by atoms with Gasteiger partial charge in [-0.15, -0.1) is 0 Å². The first-order valence-electron chi connectivity index (χ1n) is 9.01. The molecule has 3 rings (SSSR count). The summed E-state index contributed by atoms with van der Waals surface area (Å²) in [7, 11) is 0. The molecule has 1 saturated heterocycles. The molecule has 1 aliphatic rings. The predicted molar refractivity (Wildman–Crippen MR) is 97.4 cm³/mol. The smallest absolute Gasteiger partial charge is 0.378 e. The molecule has 1 aromatic heterocycles. The third-order valence-electron chi connectivity index (χ3n) is 4.73. The van der Waals surface area contributed by atoms with Gasteiger partial charge in [0.2, 0.25) is 5.91 Å². The second-order valence-corrected chi connectivity index (χ2v) is 6.68. The Hall–Kier alpha value is -2.55. The molecule has 1 aromatic carbocycles. The number of halogens is 3. The van der Waals surface area contributed by atoms with Crippen molar-refractivity contribution in [2.45, 2.75) is 32.9 Å².